The molecule has 0 atom stereocenters. The number of carbonyl (C=O) groups excluding carboxylic acids is 2. The lowest BCUT2D eigenvalue weighted by Crippen LogP contribution is -2.41. The Balaban J connectivity index is 3.16. The molecule has 0 aliphatic rings. The summed E-state index contributed by atoms with van der Waals surface area (Å²) in [5.41, 5.74) is 0.376. The summed E-state index contributed by atoms with van der Waals surface area (Å²) < 4.78 is 5.21. The van der Waals surface area contributed by atoms with E-state index >= 15 is 0 Å². The quantitative estimate of drug-likeness (QED) is 0.417. The highest BCUT2D eigenvalue weighted by molar-refractivity contribution is 14.1. The Hall–Kier alpha value is -0.530. The second kappa shape index (κ2) is 7.47. The Labute approximate surface area is 141 Å². The number of esters is 1. The molecule has 0 bridgehead atoms. The average Bonchev–Trinajstić information content (AvgIpc) is 2.38. The molecule has 20 heavy (non-hydrogen) atoms. The van der Waals surface area contributed by atoms with E-state index in [1.807, 2.05) is 36.4 Å². The zero-order valence-electron chi connectivity index (χ0n) is 11.2. The molecular formula is C13H14Cl2INO3. The summed E-state index contributed by atoms with van der Waals surface area (Å²) in [5, 5.41) is 0.781. The first-order valence-electron chi connectivity index (χ1n) is 5.80. The summed E-state index contributed by atoms with van der Waals surface area (Å²) in [6, 6.07) is 2.96. The molecule has 110 valence electrons. The first kappa shape index (κ1) is 17.5. The fourth-order valence-corrected chi connectivity index (χ4v) is 2.59. The number of amides is 1. The summed E-state index contributed by atoms with van der Waals surface area (Å²) in [4.78, 5) is 25.4. The molecule has 0 aromatic heterocycles. The molecule has 0 fully saturated rings. The van der Waals surface area contributed by atoms with Crippen LogP contribution in [0.2, 0.25) is 10.0 Å². The summed E-state index contributed by atoms with van der Waals surface area (Å²) in [6.45, 7) is 3.52. The van der Waals surface area contributed by atoms with Gasteiger partial charge in [-0.05, 0) is 48.6 Å². The molecule has 0 aliphatic carbocycles. The monoisotopic (exact) mass is 429 g/mol. The van der Waals surface area contributed by atoms with Crippen molar-refractivity contribution in [3.05, 3.63) is 31.3 Å². The van der Waals surface area contributed by atoms with E-state index in [2.05, 4.69) is 4.74 Å². The number of benzene rings is 1. The van der Waals surface area contributed by atoms with Crippen molar-refractivity contribution in [3.8, 4) is 0 Å². The van der Waals surface area contributed by atoms with Gasteiger partial charge >= 0.3 is 5.97 Å². The van der Waals surface area contributed by atoms with Crippen molar-refractivity contribution < 1.29 is 14.3 Å². The third kappa shape index (κ3) is 4.23. The number of carbonyl (C=O) groups is 2. The third-order valence-corrected chi connectivity index (χ3v) is 4.63. The molecule has 0 N–H and O–H groups in total. The van der Waals surface area contributed by atoms with Gasteiger partial charge < -0.3 is 9.64 Å². The first-order valence-corrected chi connectivity index (χ1v) is 7.63. The van der Waals surface area contributed by atoms with Gasteiger partial charge in [-0.3, -0.25) is 9.59 Å². The lowest BCUT2D eigenvalue weighted by Gasteiger charge is -2.26. The van der Waals surface area contributed by atoms with E-state index in [0.717, 1.165) is 0 Å². The molecule has 0 aliphatic heterocycles. The minimum atomic E-state index is -0.477. The fraction of sp³-hybridized carbons (Fsp3) is 0.385. The molecule has 1 aromatic rings. The highest BCUT2D eigenvalue weighted by Gasteiger charge is 2.24. The summed E-state index contributed by atoms with van der Waals surface area (Å²) in [5.74, 6) is -0.783. The van der Waals surface area contributed by atoms with E-state index in [1.165, 1.54) is 12.0 Å². The SMILES string of the molecule is COC(=O)CN(C(=O)c1cc(Cl)cc(Cl)c1I)C(C)C. The van der Waals surface area contributed by atoms with Crippen LogP contribution in [0, 0.1) is 3.57 Å². The van der Waals surface area contributed by atoms with Crippen LogP contribution in [0.5, 0.6) is 0 Å². The Kier molecular flexibility index (Phi) is 6.54. The van der Waals surface area contributed by atoms with E-state index in [4.69, 9.17) is 23.2 Å². The highest BCUT2D eigenvalue weighted by atomic mass is 127. The molecule has 1 rings (SSSR count). The number of hydrogen-bond acceptors (Lipinski definition) is 3. The Morgan fingerprint density at radius 1 is 1.35 bits per heavy atom. The topological polar surface area (TPSA) is 46.6 Å². The molecule has 1 amide bonds. The number of methoxy groups -OCH3 is 1. The molecule has 0 saturated heterocycles. The van der Waals surface area contributed by atoms with Crippen molar-refractivity contribution in [2.24, 2.45) is 0 Å². The predicted molar refractivity (Wildman–Crippen MR) is 87.4 cm³/mol. The largest absolute Gasteiger partial charge is 0.468 e. The zero-order chi connectivity index (χ0) is 15.4. The molecule has 0 heterocycles. The van der Waals surface area contributed by atoms with E-state index < -0.39 is 5.97 Å². The van der Waals surface area contributed by atoms with Crippen LogP contribution in [0.1, 0.15) is 24.2 Å². The number of nitrogens with zero attached hydrogens (tertiary/aromatic N) is 1. The standard InChI is InChI=1S/C13H14Cl2INO3/c1-7(2)17(6-11(18)20-3)13(19)9-4-8(14)5-10(15)12(9)16/h4-5,7H,6H2,1-3H3. The van der Waals surface area contributed by atoms with Gasteiger partial charge in [-0.25, -0.2) is 0 Å². The van der Waals surface area contributed by atoms with E-state index in [-0.39, 0.29) is 18.5 Å². The highest BCUT2D eigenvalue weighted by Crippen LogP contribution is 2.28. The van der Waals surface area contributed by atoms with Gasteiger partial charge in [0, 0.05) is 14.6 Å². The Morgan fingerprint density at radius 2 is 1.95 bits per heavy atom. The van der Waals surface area contributed by atoms with Crippen molar-refractivity contribution in [1.82, 2.24) is 4.90 Å². The second-order valence-electron chi connectivity index (χ2n) is 4.35. The van der Waals surface area contributed by atoms with Crippen LogP contribution in [0.4, 0.5) is 0 Å². The minimum absolute atomic E-state index is 0.118. The van der Waals surface area contributed by atoms with Crippen LogP contribution < -0.4 is 0 Å². The van der Waals surface area contributed by atoms with Crippen LogP contribution in [0.3, 0.4) is 0 Å². The molecule has 0 radical (unpaired) electrons. The van der Waals surface area contributed by atoms with E-state index in [9.17, 15) is 9.59 Å². The van der Waals surface area contributed by atoms with E-state index in [0.29, 0.717) is 19.2 Å². The van der Waals surface area contributed by atoms with Gasteiger partial charge in [0.15, 0.2) is 0 Å². The maximum absolute atomic E-state index is 12.6. The van der Waals surface area contributed by atoms with Gasteiger partial charge in [-0.1, -0.05) is 23.2 Å². The van der Waals surface area contributed by atoms with Gasteiger partial charge in [-0.2, -0.15) is 0 Å². The van der Waals surface area contributed by atoms with Crippen LogP contribution in [-0.4, -0.2) is 36.5 Å². The van der Waals surface area contributed by atoms with Crippen LogP contribution in [0.25, 0.3) is 0 Å². The first-order chi connectivity index (χ1) is 9.27. The normalized spacial score (nSPS) is 10.6. The summed E-state index contributed by atoms with van der Waals surface area (Å²) in [6.07, 6.45) is 0. The summed E-state index contributed by atoms with van der Waals surface area (Å²) in [7, 11) is 1.28. The van der Waals surface area contributed by atoms with Gasteiger partial charge in [0.1, 0.15) is 6.54 Å². The number of halogens is 3. The molecule has 0 spiro atoms. The molecule has 4 nitrogen and oxygen atoms in total. The smallest absolute Gasteiger partial charge is 0.325 e. The molecule has 1 aromatic carbocycles. The molecule has 7 heteroatoms. The van der Waals surface area contributed by atoms with Crippen molar-refractivity contribution in [2.45, 2.75) is 19.9 Å². The maximum atomic E-state index is 12.6. The number of ether oxygens (including phenoxy) is 1. The zero-order valence-corrected chi connectivity index (χ0v) is 14.9. The number of hydrogen-bond donors (Lipinski definition) is 0. The fourth-order valence-electron chi connectivity index (χ4n) is 1.56. The van der Waals surface area contributed by atoms with Crippen molar-refractivity contribution in [3.63, 3.8) is 0 Å². The van der Waals surface area contributed by atoms with Crippen molar-refractivity contribution in [1.29, 1.82) is 0 Å². The van der Waals surface area contributed by atoms with Gasteiger partial charge in [-0.15, -0.1) is 0 Å². The lowest BCUT2D eigenvalue weighted by molar-refractivity contribution is -0.141. The lowest BCUT2D eigenvalue weighted by atomic mass is 10.1. The second-order valence-corrected chi connectivity index (χ2v) is 6.27. The van der Waals surface area contributed by atoms with Crippen molar-refractivity contribution in [2.75, 3.05) is 13.7 Å². The predicted octanol–water partition coefficient (Wildman–Crippen LogP) is 3.62. The Bertz CT molecular complexity index is 535. The van der Waals surface area contributed by atoms with Gasteiger partial charge in [0.05, 0.1) is 17.7 Å². The van der Waals surface area contributed by atoms with Crippen LogP contribution >= 0.6 is 45.8 Å². The van der Waals surface area contributed by atoms with Gasteiger partial charge in [0.25, 0.3) is 5.91 Å². The molecular weight excluding hydrogens is 416 g/mol. The molecule has 0 saturated carbocycles. The molecule has 0 unspecified atom stereocenters. The van der Waals surface area contributed by atoms with Crippen LogP contribution in [-0.2, 0) is 9.53 Å². The number of rotatable bonds is 4. The average molecular weight is 430 g/mol. The maximum Gasteiger partial charge on any atom is 0.325 e. The van der Waals surface area contributed by atoms with E-state index in [1.54, 1.807) is 12.1 Å². The third-order valence-electron chi connectivity index (χ3n) is 2.63. The minimum Gasteiger partial charge on any atom is -0.468 e. The Morgan fingerprint density at radius 3 is 2.45 bits per heavy atom. The summed E-state index contributed by atoms with van der Waals surface area (Å²) >= 11 is 13.9. The van der Waals surface area contributed by atoms with Gasteiger partial charge in [0.2, 0.25) is 0 Å². The van der Waals surface area contributed by atoms with Crippen LogP contribution in [0.15, 0.2) is 12.1 Å². The van der Waals surface area contributed by atoms with Crippen molar-refractivity contribution >= 4 is 57.7 Å².